The molecule has 104 valence electrons. The maximum atomic E-state index is 12.1. The van der Waals surface area contributed by atoms with Gasteiger partial charge in [0.05, 0.1) is 5.92 Å². The topological polar surface area (TPSA) is 56.0 Å². The molecule has 3 rings (SSSR count). The van der Waals surface area contributed by atoms with E-state index in [1.807, 2.05) is 31.2 Å². The predicted molar refractivity (Wildman–Crippen MR) is 75.3 cm³/mol. The molecule has 0 aliphatic heterocycles. The second-order valence-electron chi connectivity index (χ2n) is 5.44. The maximum absolute atomic E-state index is 12.1. The summed E-state index contributed by atoms with van der Waals surface area (Å²) in [7, 11) is 0. The van der Waals surface area contributed by atoms with Crippen molar-refractivity contribution in [2.24, 2.45) is 0 Å². The highest BCUT2D eigenvalue weighted by atomic mass is 16.5. The fraction of sp³-hybridized carbons (Fsp3) is 0.438. The van der Waals surface area contributed by atoms with E-state index in [1.165, 1.54) is 5.56 Å². The van der Waals surface area contributed by atoms with Crippen LogP contribution in [0, 0.1) is 6.92 Å². The Morgan fingerprint density at radius 1 is 1.15 bits per heavy atom. The Balaban J connectivity index is 1.85. The highest BCUT2D eigenvalue weighted by Gasteiger charge is 2.27. The Hall–Kier alpha value is -1.97. The van der Waals surface area contributed by atoms with Crippen LogP contribution < -0.4 is 0 Å². The number of benzene rings is 1. The number of hydrogen-bond donors (Lipinski definition) is 0. The lowest BCUT2D eigenvalue weighted by atomic mass is 9.99. The first-order valence-corrected chi connectivity index (χ1v) is 7.17. The van der Waals surface area contributed by atoms with Gasteiger partial charge in [-0.2, -0.15) is 4.98 Å². The molecule has 0 bridgehead atoms. The van der Waals surface area contributed by atoms with Crippen molar-refractivity contribution < 1.29 is 9.32 Å². The van der Waals surface area contributed by atoms with Gasteiger partial charge in [0.1, 0.15) is 5.78 Å². The van der Waals surface area contributed by atoms with E-state index in [2.05, 4.69) is 10.1 Å². The summed E-state index contributed by atoms with van der Waals surface area (Å²) in [5.74, 6) is 1.08. The van der Waals surface area contributed by atoms with Crippen LogP contribution in [0.3, 0.4) is 0 Å². The third kappa shape index (κ3) is 2.64. The summed E-state index contributed by atoms with van der Waals surface area (Å²) in [4.78, 5) is 16.5. The van der Waals surface area contributed by atoms with Crippen LogP contribution in [0.25, 0.3) is 11.4 Å². The summed E-state index contributed by atoms with van der Waals surface area (Å²) < 4.78 is 5.33. The van der Waals surface area contributed by atoms with Gasteiger partial charge in [0, 0.05) is 12.0 Å². The highest BCUT2D eigenvalue weighted by Crippen LogP contribution is 2.29. The van der Waals surface area contributed by atoms with Crippen molar-refractivity contribution in [2.45, 2.75) is 44.9 Å². The number of aromatic nitrogens is 2. The first-order chi connectivity index (χ1) is 9.74. The average Bonchev–Trinajstić information content (AvgIpc) is 2.83. The molecule has 0 N–H and O–H groups in total. The zero-order chi connectivity index (χ0) is 13.9. The second kappa shape index (κ2) is 5.57. The monoisotopic (exact) mass is 270 g/mol. The summed E-state index contributed by atoms with van der Waals surface area (Å²) in [5.41, 5.74) is 2.11. The zero-order valence-corrected chi connectivity index (χ0v) is 11.6. The number of Topliss-reactive ketones (excluding diaryl/α,β-unsaturated/α-hetero) is 1. The molecule has 1 heterocycles. The number of carbonyl (C=O) groups excluding carboxylic acids is 1. The Morgan fingerprint density at radius 2 is 1.95 bits per heavy atom. The van der Waals surface area contributed by atoms with Crippen molar-refractivity contribution >= 4 is 5.78 Å². The minimum absolute atomic E-state index is 0.204. The maximum Gasteiger partial charge on any atom is 0.237 e. The molecule has 4 heteroatoms. The van der Waals surface area contributed by atoms with Crippen LogP contribution in [0.2, 0.25) is 0 Å². The van der Waals surface area contributed by atoms with E-state index >= 15 is 0 Å². The van der Waals surface area contributed by atoms with Gasteiger partial charge in [-0.3, -0.25) is 4.79 Å². The number of nitrogens with zero attached hydrogens (tertiary/aromatic N) is 2. The summed E-state index contributed by atoms with van der Waals surface area (Å²) in [5, 5.41) is 4.02. The molecule has 1 aromatic heterocycles. The first kappa shape index (κ1) is 13.0. The average molecular weight is 270 g/mol. The van der Waals surface area contributed by atoms with Crippen molar-refractivity contribution in [2.75, 3.05) is 0 Å². The Morgan fingerprint density at radius 3 is 2.75 bits per heavy atom. The van der Waals surface area contributed by atoms with Crippen LogP contribution in [-0.2, 0) is 4.79 Å². The van der Waals surface area contributed by atoms with E-state index in [1.54, 1.807) is 0 Å². The smallest absolute Gasteiger partial charge is 0.237 e. The molecular weight excluding hydrogens is 252 g/mol. The van der Waals surface area contributed by atoms with Crippen LogP contribution in [0.5, 0.6) is 0 Å². The van der Waals surface area contributed by atoms with Gasteiger partial charge in [-0.1, -0.05) is 47.8 Å². The van der Waals surface area contributed by atoms with Gasteiger partial charge in [-0.25, -0.2) is 0 Å². The van der Waals surface area contributed by atoms with Crippen molar-refractivity contribution in [1.82, 2.24) is 10.1 Å². The molecule has 1 atom stereocenters. The fourth-order valence-corrected chi connectivity index (χ4v) is 2.62. The number of rotatable bonds is 2. The molecule has 1 aromatic carbocycles. The number of carbonyl (C=O) groups is 1. The van der Waals surface area contributed by atoms with Crippen molar-refractivity contribution in [3.63, 3.8) is 0 Å². The van der Waals surface area contributed by atoms with Gasteiger partial charge in [0.15, 0.2) is 0 Å². The lowest BCUT2D eigenvalue weighted by molar-refractivity contribution is -0.120. The lowest BCUT2D eigenvalue weighted by Crippen LogP contribution is -2.10. The van der Waals surface area contributed by atoms with Gasteiger partial charge in [-0.05, 0) is 19.8 Å². The summed E-state index contributed by atoms with van der Waals surface area (Å²) >= 11 is 0. The number of ketones is 1. The summed E-state index contributed by atoms with van der Waals surface area (Å²) in [6.45, 7) is 2.04. The molecule has 1 aliphatic rings. The Bertz CT molecular complexity index is 601. The predicted octanol–water partition coefficient (Wildman–Crippen LogP) is 3.66. The molecule has 2 aromatic rings. The normalized spacial score (nSPS) is 19.9. The Kier molecular flexibility index (Phi) is 3.63. The quantitative estimate of drug-likeness (QED) is 0.781. The third-order valence-corrected chi connectivity index (χ3v) is 3.85. The molecule has 1 aliphatic carbocycles. The van der Waals surface area contributed by atoms with Gasteiger partial charge in [0.2, 0.25) is 11.7 Å². The molecule has 1 unspecified atom stereocenters. The largest absolute Gasteiger partial charge is 0.338 e. The van der Waals surface area contributed by atoms with E-state index in [4.69, 9.17) is 4.52 Å². The molecule has 0 amide bonds. The molecule has 0 radical (unpaired) electrons. The van der Waals surface area contributed by atoms with E-state index < -0.39 is 0 Å². The SMILES string of the molecule is Cc1ccc(-c2noc(C3CCCCCC3=O)n2)cc1. The van der Waals surface area contributed by atoms with Gasteiger partial charge in [-0.15, -0.1) is 0 Å². The lowest BCUT2D eigenvalue weighted by Gasteiger charge is -2.06. The van der Waals surface area contributed by atoms with Crippen molar-refractivity contribution in [3.05, 3.63) is 35.7 Å². The van der Waals surface area contributed by atoms with E-state index in [0.717, 1.165) is 31.2 Å². The minimum atomic E-state index is -0.204. The summed E-state index contributed by atoms with van der Waals surface area (Å²) in [6, 6.07) is 7.97. The first-order valence-electron chi connectivity index (χ1n) is 7.17. The molecule has 1 fully saturated rings. The Labute approximate surface area is 118 Å². The van der Waals surface area contributed by atoms with E-state index in [9.17, 15) is 4.79 Å². The molecule has 0 spiro atoms. The van der Waals surface area contributed by atoms with Crippen LogP contribution in [0.15, 0.2) is 28.8 Å². The summed E-state index contributed by atoms with van der Waals surface area (Å²) in [6.07, 6.45) is 4.61. The molecule has 0 saturated heterocycles. The standard InChI is InChI=1S/C16H18N2O2/c1-11-7-9-12(10-8-11)15-17-16(20-18-15)13-5-3-2-4-6-14(13)19/h7-10,13H,2-6H2,1H3. The number of aryl methyl sites for hydroxylation is 1. The fourth-order valence-electron chi connectivity index (χ4n) is 2.62. The van der Waals surface area contributed by atoms with Crippen molar-refractivity contribution in [1.29, 1.82) is 0 Å². The van der Waals surface area contributed by atoms with Crippen molar-refractivity contribution in [3.8, 4) is 11.4 Å². The number of hydrogen-bond acceptors (Lipinski definition) is 4. The minimum Gasteiger partial charge on any atom is -0.338 e. The second-order valence-corrected chi connectivity index (χ2v) is 5.44. The molecule has 1 saturated carbocycles. The molecule has 4 nitrogen and oxygen atoms in total. The van der Waals surface area contributed by atoms with Gasteiger partial charge in [0.25, 0.3) is 0 Å². The van der Waals surface area contributed by atoms with Crippen LogP contribution >= 0.6 is 0 Å². The van der Waals surface area contributed by atoms with Gasteiger partial charge >= 0.3 is 0 Å². The highest BCUT2D eigenvalue weighted by molar-refractivity contribution is 5.85. The van der Waals surface area contributed by atoms with E-state index in [0.29, 0.717) is 18.1 Å². The van der Waals surface area contributed by atoms with Crippen LogP contribution in [0.4, 0.5) is 0 Å². The van der Waals surface area contributed by atoms with Gasteiger partial charge < -0.3 is 4.52 Å². The van der Waals surface area contributed by atoms with Crippen LogP contribution in [-0.4, -0.2) is 15.9 Å². The van der Waals surface area contributed by atoms with E-state index in [-0.39, 0.29) is 11.7 Å². The van der Waals surface area contributed by atoms with Crippen LogP contribution in [0.1, 0.15) is 49.5 Å². The molecule has 20 heavy (non-hydrogen) atoms. The third-order valence-electron chi connectivity index (χ3n) is 3.85. The zero-order valence-electron chi connectivity index (χ0n) is 11.6. The molecular formula is C16H18N2O2.